The smallest absolute Gasteiger partial charge is 0.243 e. The van der Waals surface area contributed by atoms with Crippen LogP contribution < -0.4 is 20.3 Å². The molecule has 3 fully saturated rings. The quantitative estimate of drug-likeness (QED) is 0.583. The minimum Gasteiger partial charge on any atom is -0.496 e. The zero-order valence-corrected chi connectivity index (χ0v) is 20.9. The van der Waals surface area contributed by atoms with E-state index in [1.807, 2.05) is 12.1 Å². The molecule has 0 unspecified atom stereocenters. The number of rotatable bonds is 7. The van der Waals surface area contributed by atoms with Gasteiger partial charge < -0.3 is 20.3 Å². The van der Waals surface area contributed by atoms with Gasteiger partial charge in [0.2, 0.25) is 5.91 Å². The standard InChI is InChI=1S/C27H34FN5O2/c1-26-11-12-27(2,32-26)16-19(15-26)33(18-6-7-18)24-9-8-22(30-31-24)20-14-21(28)17(13-23(20)35-4)5-10-25(34)29-3/h5,8-10,13-14,18-19,32H,6-7,11-12,15-16H2,1-4H3,(H,29,34)/b10-5+/t19-,26-,27+. The third-order valence-corrected chi connectivity index (χ3v) is 7.71. The van der Waals surface area contributed by atoms with Crippen molar-refractivity contribution >= 4 is 17.8 Å². The molecule has 1 aliphatic carbocycles. The molecule has 2 aromatic rings. The van der Waals surface area contributed by atoms with Crippen LogP contribution in [0.3, 0.4) is 0 Å². The number of amides is 1. The highest BCUT2D eigenvalue weighted by molar-refractivity contribution is 5.91. The summed E-state index contributed by atoms with van der Waals surface area (Å²) in [7, 11) is 3.06. The lowest BCUT2D eigenvalue weighted by Crippen LogP contribution is -2.59. The van der Waals surface area contributed by atoms with E-state index >= 15 is 0 Å². The van der Waals surface area contributed by atoms with Crippen LogP contribution in [-0.4, -0.2) is 53.4 Å². The topological polar surface area (TPSA) is 79.4 Å². The summed E-state index contributed by atoms with van der Waals surface area (Å²) in [6, 6.07) is 7.81. The van der Waals surface area contributed by atoms with Gasteiger partial charge in [0.15, 0.2) is 5.82 Å². The van der Waals surface area contributed by atoms with E-state index in [0.29, 0.717) is 29.1 Å². The molecule has 3 aliphatic rings. The number of aromatic nitrogens is 2. The number of nitrogens with one attached hydrogen (secondary N) is 2. The lowest BCUT2D eigenvalue weighted by molar-refractivity contribution is -0.115. The molecule has 7 nitrogen and oxygen atoms in total. The molecule has 2 aliphatic heterocycles. The average molecular weight is 480 g/mol. The van der Waals surface area contributed by atoms with E-state index in [9.17, 15) is 9.18 Å². The summed E-state index contributed by atoms with van der Waals surface area (Å²) in [6.07, 6.45) is 9.71. The Morgan fingerprint density at radius 2 is 1.89 bits per heavy atom. The number of piperidine rings is 1. The van der Waals surface area contributed by atoms with Gasteiger partial charge >= 0.3 is 0 Å². The number of carbonyl (C=O) groups excluding carboxylic acids is 1. The molecule has 2 N–H and O–H groups in total. The van der Waals surface area contributed by atoms with Crippen LogP contribution in [-0.2, 0) is 4.79 Å². The largest absolute Gasteiger partial charge is 0.496 e. The number of fused-ring (bicyclic) bond motifs is 2. The zero-order valence-electron chi connectivity index (χ0n) is 20.9. The summed E-state index contributed by atoms with van der Waals surface area (Å²) in [4.78, 5) is 14.0. The number of benzene rings is 1. The number of ether oxygens (including phenoxy) is 1. The third kappa shape index (κ3) is 4.76. The van der Waals surface area contributed by atoms with Crippen molar-refractivity contribution in [3.8, 4) is 17.0 Å². The molecule has 35 heavy (non-hydrogen) atoms. The van der Waals surface area contributed by atoms with Gasteiger partial charge in [0.05, 0.1) is 12.8 Å². The highest BCUT2D eigenvalue weighted by Crippen LogP contribution is 2.46. The van der Waals surface area contributed by atoms with Crippen LogP contribution >= 0.6 is 0 Å². The van der Waals surface area contributed by atoms with Crippen LogP contribution in [0.2, 0.25) is 0 Å². The van der Waals surface area contributed by atoms with Gasteiger partial charge in [0.25, 0.3) is 0 Å². The van der Waals surface area contributed by atoms with E-state index in [4.69, 9.17) is 4.74 Å². The molecule has 1 saturated carbocycles. The number of hydrogen-bond donors (Lipinski definition) is 2. The second-order valence-electron chi connectivity index (χ2n) is 10.7. The summed E-state index contributed by atoms with van der Waals surface area (Å²) >= 11 is 0. The van der Waals surface area contributed by atoms with Crippen LogP contribution in [0.25, 0.3) is 17.3 Å². The number of anilines is 1. The molecule has 3 heterocycles. The van der Waals surface area contributed by atoms with Crippen molar-refractivity contribution in [2.75, 3.05) is 19.1 Å². The van der Waals surface area contributed by atoms with E-state index < -0.39 is 5.82 Å². The van der Waals surface area contributed by atoms with Gasteiger partial charge in [0, 0.05) is 47.4 Å². The Balaban J connectivity index is 1.42. The summed E-state index contributed by atoms with van der Waals surface area (Å²) in [6.45, 7) is 4.69. The number of methoxy groups -OCH3 is 1. The Morgan fingerprint density at radius 1 is 1.17 bits per heavy atom. The zero-order chi connectivity index (χ0) is 24.8. The van der Waals surface area contributed by atoms with Crippen LogP contribution in [0.4, 0.5) is 10.2 Å². The van der Waals surface area contributed by atoms with E-state index in [-0.39, 0.29) is 22.5 Å². The van der Waals surface area contributed by atoms with Crippen molar-refractivity contribution in [1.82, 2.24) is 20.8 Å². The molecule has 1 amide bonds. The molecule has 0 radical (unpaired) electrons. The molecule has 3 atom stereocenters. The normalized spacial score (nSPS) is 27.7. The summed E-state index contributed by atoms with van der Waals surface area (Å²) in [5, 5.41) is 15.5. The maximum Gasteiger partial charge on any atom is 0.243 e. The molecule has 2 saturated heterocycles. The van der Waals surface area contributed by atoms with Gasteiger partial charge in [-0.15, -0.1) is 10.2 Å². The Bertz CT molecular complexity index is 1130. The Hall–Kier alpha value is -3.00. The molecular formula is C27H34FN5O2. The first-order valence-corrected chi connectivity index (χ1v) is 12.4. The molecule has 8 heteroatoms. The number of nitrogens with zero attached hydrogens (tertiary/aromatic N) is 3. The van der Waals surface area contributed by atoms with Gasteiger partial charge in [0.1, 0.15) is 11.6 Å². The molecule has 0 spiro atoms. The van der Waals surface area contributed by atoms with Crippen LogP contribution in [0.1, 0.15) is 57.9 Å². The van der Waals surface area contributed by atoms with E-state index in [1.54, 1.807) is 6.07 Å². The van der Waals surface area contributed by atoms with Crippen molar-refractivity contribution in [1.29, 1.82) is 0 Å². The van der Waals surface area contributed by atoms with E-state index in [0.717, 1.165) is 18.7 Å². The third-order valence-electron chi connectivity index (χ3n) is 7.71. The molecular weight excluding hydrogens is 445 g/mol. The van der Waals surface area contributed by atoms with Crippen molar-refractivity contribution in [2.24, 2.45) is 0 Å². The predicted octanol–water partition coefficient (Wildman–Crippen LogP) is 4.08. The summed E-state index contributed by atoms with van der Waals surface area (Å²) in [5.41, 5.74) is 1.69. The van der Waals surface area contributed by atoms with Crippen molar-refractivity contribution < 1.29 is 13.9 Å². The fourth-order valence-electron chi connectivity index (χ4n) is 5.97. The number of carbonyl (C=O) groups is 1. The SMILES string of the molecule is CNC(=O)/C=C/c1cc(OC)c(-c2ccc(N(C3CC3)[C@H]3C[C@]4(C)CC[C@](C)(C3)N4)nn2)cc1F. The maximum atomic E-state index is 14.8. The lowest BCUT2D eigenvalue weighted by atomic mass is 9.84. The van der Waals surface area contributed by atoms with Crippen LogP contribution in [0.5, 0.6) is 5.75 Å². The van der Waals surface area contributed by atoms with Crippen LogP contribution in [0, 0.1) is 5.82 Å². The molecule has 1 aromatic heterocycles. The monoisotopic (exact) mass is 479 g/mol. The lowest BCUT2D eigenvalue weighted by Gasteiger charge is -2.46. The Labute approximate surface area is 206 Å². The minimum atomic E-state index is -0.460. The first-order chi connectivity index (χ1) is 16.7. The van der Waals surface area contributed by atoms with E-state index in [1.165, 1.54) is 58.1 Å². The molecule has 186 valence electrons. The minimum absolute atomic E-state index is 0.178. The first-order valence-electron chi connectivity index (χ1n) is 12.4. The fourth-order valence-corrected chi connectivity index (χ4v) is 5.97. The van der Waals surface area contributed by atoms with Gasteiger partial charge in [-0.25, -0.2) is 4.39 Å². The second kappa shape index (κ2) is 8.90. The van der Waals surface area contributed by atoms with Crippen LogP contribution in [0.15, 0.2) is 30.3 Å². The number of likely N-dealkylation sites (N-methyl/N-ethyl adjacent to an activating group) is 1. The van der Waals surface area contributed by atoms with Crippen molar-refractivity contribution in [3.63, 3.8) is 0 Å². The number of halogens is 1. The Kier molecular flexibility index (Phi) is 6.03. The molecule has 2 bridgehead atoms. The maximum absolute atomic E-state index is 14.8. The predicted molar refractivity (Wildman–Crippen MR) is 135 cm³/mol. The molecule has 1 aromatic carbocycles. The molecule has 5 rings (SSSR count). The highest BCUT2D eigenvalue weighted by atomic mass is 19.1. The first kappa shape index (κ1) is 23.7. The highest BCUT2D eigenvalue weighted by Gasteiger charge is 2.51. The van der Waals surface area contributed by atoms with Crippen molar-refractivity contribution in [3.05, 3.63) is 41.7 Å². The van der Waals surface area contributed by atoms with Gasteiger partial charge in [-0.05, 0) is 82.7 Å². The summed E-state index contributed by atoms with van der Waals surface area (Å²) < 4.78 is 20.3. The van der Waals surface area contributed by atoms with Gasteiger partial charge in [-0.2, -0.15) is 0 Å². The fraction of sp³-hybridized carbons (Fsp3) is 0.519. The summed E-state index contributed by atoms with van der Waals surface area (Å²) in [5.74, 6) is 0.594. The van der Waals surface area contributed by atoms with Gasteiger partial charge in [-0.3, -0.25) is 4.79 Å². The van der Waals surface area contributed by atoms with E-state index in [2.05, 4.69) is 39.6 Å². The number of hydrogen-bond acceptors (Lipinski definition) is 6. The average Bonchev–Trinajstić information content (AvgIpc) is 3.63. The van der Waals surface area contributed by atoms with Crippen molar-refractivity contribution in [2.45, 2.75) is 75.5 Å². The second-order valence-corrected chi connectivity index (χ2v) is 10.7. The van der Waals surface area contributed by atoms with Gasteiger partial charge in [-0.1, -0.05) is 0 Å². The Morgan fingerprint density at radius 3 is 2.46 bits per heavy atom.